The first kappa shape index (κ1) is 12.4. The van der Waals surface area contributed by atoms with Crippen LogP contribution in [0.5, 0.6) is 0 Å². The topological polar surface area (TPSA) is 83.6 Å². The Morgan fingerprint density at radius 1 is 1.22 bits per heavy atom. The highest BCUT2D eigenvalue weighted by Crippen LogP contribution is 2.20. The molecule has 0 spiro atoms. The lowest BCUT2D eigenvalue weighted by Gasteiger charge is -2.33. The molecule has 1 aliphatic heterocycles. The van der Waals surface area contributed by atoms with E-state index in [0.29, 0.717) is 24.2 Å². The molecule has 5 nitrogen and oxygen atoms in total. The van der Waals surface area contributed by atoms with Gasteiger partial charge < -0.3 is 15.7 Å². The monoisotopic (exact) mass is 248 g/mol. The highest BCUT2D eigenvalue weighted by atomic mass is 16.4. The van der Waals surface area contributed by atoms with E-state index in [2.05, 4.69) is 0 Å². The number of hydrogen-bond acceptors (Lipinski definition) is 3. The van der Waals surface area contributed by atoms with Crippen LogP contribution in [0.3, 0.4) is 0 Å². The third-order valence-corrected chi connectivity index (χ3v) is 3.21. The van der Waals surface area contributed by atoms with Crippen molar-refractivity contribution < 1.29 is 14.7 Å². The van der Waals surface area contributed by atoms with Gasteiger partial charge in [-0.15, -0.1) is 0 Å². The minimum absolute atomic E-state index is 0.234. The fourth-order valence-electron chi connectivity index (χ4n) is 2.22. The van der Waals surface area contributed by atoms with Crippen LogP contribution in [0.4, 0.5) is 5.69 Å². The number of anilines is 1. The van der Waals surface area contributed by atoms with Crippen LogP contribution in [0.2, 0.25) is 0 Å². The summed E-state index contributed by atoms with van der Waals surface area (Å²) in [5, 5.41) is 9.13. The van der Waals surface area contributed by atoms with Crippen molar-refractivity contribution in [2.75, 3.05) is 12.3 Å². The zero-order valence-corrected chi connectivity index (χ0v) is 10.0. The summed E-state index contributed by atoms with van der Waals surface area (Å²) in [6, 6.07) is 5.85. The quantitative estimate of drug-likeness (QED) is 0.774. The van der Waals surface area contributed by atoms with E-state index in [-0.39, 0.29) is 5.91 Å². The second-order valence-corrected chi connectivity index (χ2v) is 4.47. The first-order valence-electron chi connectivity index (χ1n) is 5.99. The molecule has 0 bridgehead atoms. The van der Waals surface area contributed by atoms with E-state index in [1.54, 1.807) is 24.3 Å². The molecule has 1 saturated heterocycles. The summed E-state index contributed by atoms with van der Waals surface area (Å²) in [4.78, 5) is 24.8. The van der Waals surface area contributed by atoms with Gasteiger partial charge in [0.25, 0.3) is 5.91 Å². The van der Waals surface area contributed by atoms with Gasteiger partial charge >= 0.3 is 5.97 Å². The average molecular weight is 248 g/mol. The standard InChI is InChI=1S/C13H16N2O3/c14-10-6-4-9(5-7-10)12(16)15-8-2-1-3-11(15)13(17)18/h4-7,11H,1-3,8,14H2,(H,17,18)/t11-/m1/s1. The Morgan fingerprint density at radius 2 is 1.89 bits per heavy atom. The van der Waals surface area contributed by atoms with Crippen molar-refractivity contribution in [2.45, 2.75) is 25.3 Å². The minimum Gasteiger partial charge on any atom is -0.480 e. The van der Waals surface area contributed by atoms with Crippen LogP contribution in [0.25, 0.3) is 0 Å². The number of carbonyl (C=O) groups is 2. The number of nitrogens with two attached hydrogens (primary N) is 1. The van der Waals surface area contributed by atoms with Crippen LogP contribution in [-0.2, 0) is 4.79 Å². The van der Waals surface area contributed by atoms with Gasteiger partial charge in [-0.05, 0) is 43.5 Å². The van der Waals surface area contributed by atoms with Crippen molar-refractivity contribution in [1.82, 2.24) is 4.90 Å². The summed E-state index contributed by atoms with van der Waals surface area (Å²) in [6.45, 7) is 0.500. The van der Waals surface area contributed by atoms with Crippen LogP contribution in [0.15, 0.2) is 24.3 Å². The Labute approximate surface area is 105 Å². The number of nitrogens with zero attached hydrogens (tertiary/aromatic N) is 1. The summed E-state index contributed by atoms with van der Waals surface area (Å²) in [5.74, 6) is -1.17. The van der Waals surface area contributed by atoms with E-state index in [9.17, 15) is 9.59 Å². The summed E-state index contributed by atoms with van der Waals surface area (Å²) in [6.07, 6.45) is 2.23. The molecular weight excluding hydrogens is 232 g/mol. The van der Waals surface area contributed by atoms with Crippen LogP contribution in [0, 0.1) is 0 Å². The predicted molar refractivity (Wildman–Crippen MR) is 67.2 cm³/mol. The number of hydrogen-bond donors (Lipinski definition) is 2. The van der Waals surface area contributed by atoms with E-state index < -0.39 is 12.0 Å². The van der Waals surface area contributed by atoms with E-state index in [0.717, 1.165) is 12.8 Å². The molecule has 5 heteroatoms. The number of nitrogen functional groups attached to an aromatic ring is 1. The highest BCUT2D eigenvalue weighted by Gasteiger charge is 2.32. The van der Waals surface area contributed by atoms with Crippen LogP contribution < -0.4 is 5.73 Å². The van der Waals surface area contributed by atoms with E-state index >= 15 is 0 Å². The van der Waals surface area contributed by atoms with Gasteiger partial charge in [0.15, 0.2) is 0 Å². The summed E-state index contributed by atoms with van der Waals surface area (Å²) >= 11 is 0. The molecule has 3 N–H and O–H groups in total. The lowest BCUT2D eigenvalue weighted by Crippen LogP contribution is -2.47. The van der Waals surface area contributed by atoms with Crippen molar-refractivity contribution in [3.8, 4) is 0 Å². The maximum Gasteiger partial charge on any atom is 0.326 e. The summed E-state index contributed by atoms with van der Waals surface area (Å²) in [5.41, 5.74) is 6.63. The minimum atomic E-state index is -0.932. The normalized spacial score (nSPS) is 19.6. The molecule has 1 amide bonds. The summed E-state index contributed by atoms with van der Waals surface area (Å²) in [7, 11) is 0. The molecule has 1 aromatic carbocycles. The molecule has 1 fully saturated rings. The Balaban J connectivity index is 2.20. The number of aliphatic carboxylic acids is 1. The maximum absolute atomic E-state index is 12.2. The molecule has 2 rings (SSSR count). The Bertz CT molecular complexity index is 456. The van der Waals surface area contributed by atoms with Crippen LogP contribution in [-0.4, -0.2) is 34.5 Å². The van der Waals surface area contributed by atoms with Crippen LogP contribution in [0.1, 0.15) is 29.6 Å². The van der Waals surface area contributed by atoms with Crippen molar-refractivity contribution in [2.24, 2.45) is 0 Å². The van der Waals surface area contributed by atoms with Crippen molar-refractivity contribution in [3.63, 3.8) is 0 Å². The van der Waals surface area contributed by atoms with E-state index in [4.69, 9.17) is 10.8 Å². The Kier molecular flexibility index (Phi) is 3.50. The number of likely N-dealkylation sites (tertiary alicyclic amines) is 1. The molecule has 0 saturated carbocycles. The molecule has 0 aromatic heterocycles. The van der Waals surface area contributed by atoms with Gasteiger partial charge in [-0.2, -0.15) is 0 Å². The lowest BCUT2D eigenvalue weighted by atomic mass is 10.0. The van der Waals surface area contributed by atoms with Gasteiger partial charge in [0, 0.05) is 17.8 Å². The Hall–Kier alpha value is -2.04. The molecule has 0 unspecified atom stereocenters. The molecule has 1 aromatic rings. The fourth-order valence-corrected chi connectivity index (χ4v) is 2.22. The van der Waals surface area contributed by atoms with E-state index in [1.165, 1.54) is 4.90 Å². The molecule has 1 aliphatic rings. The van der Waals surface area contributed by atoms with Crippen LogP contribution >= 0.6 is 0 Å². The number of carboxylic acids is 1. The third kappa shape index (κ3) is 2.45. The Morgan fingerprint density at radius 3 is 2.50 bits per heavy atom. The molecule has 1 atom stereocenters. The SMILES string of the molecule is Nc1ccc(C(=O)N2CCCC[C@@H]2C(=O)O)cc1. The molecule has 0 radical (unpaired) electrons. The van der Waals surface area contributed by atoms with Gasteiger partial charge in [0.05, 0.1) is 0 Å². The maximum atomic E-state index is 12.2. The zero-order valence-electron chi connectivity index (χ0n) is 10.0. The molecule has 0 aliphatic carbocycles. The molecule has 96 valence electrons. The number of carbonyl (C=O) groups excluding carboxylic acids is 1. The first-order valence-corrected chi connectivity index (χ1v) is 5.99. The predicted octanol–water partition coefficient (Wildman–Crippen LogP) is 1.35. The van der Waals surface area contributed by atoms with E-state index in [1.807, 2.05) is 0 Å². The lowest BCUT2D eigenvalue weighted by molar-refractivity contribution is -0.143. The number of benzene rings is 1. The fraction of sp³-hybridized carbons (Fsp3) is 0.385. The van der Waals surface area contributed by atoms with Crippen molar-refractivity contribution in [3.05, 3.63) is 29.8 Å². The third-order valence-electron chi connectivity index (χ3n) is 3.21. The van der Waals surface area contributed by atoms with Crippen molar-refractivity contribution >= 4 is 17.6 Å². The number of piperidine rings is 1. The van der Waals surface area contributed by atoms with Gasteiger partial charge in [0.2, 0.25) is 0 Å². The number of carboxylic acid groups (broad SMARTS) is 1. The first-order chi connectivity index (χ1) is 8.59. The van der Waals surface area contributed by atoms with Gasteiger partial charge in [-0.3, -0.25) is 4.79 Å². The average Bonchev–Trinajstić information content (AvgIpc) is 2.39. The van der Waals surface area contributed by atoms with Gasteiger partial charge in [0.1, 0.15) is 6.04 Å². The summed E-state index contributed by atoms with van der Waals surface area (Å²) < 4.78 is 0. The second-order valence-electron chi connectivity index (χ2n) is 4.47. The van der Waals surface area contributed by atoms with Gasteiger partial charge in [-0.1, -0.05) is 0 Å². The molecule has 18 heavy (non-hydrogen) atoms. The van der Waals surface area contributed by atoms with Crippen molar-refractivity contribution in [1.29, 1.82) is 0 Å². The molecule has 1 heterocycles. The number of amides is 1. The second kappa shape index (κ2) is 5.08. The largest absolute Gasteiger partial charge is 0.480 e. The zero-order chi connectivity index (χ0) is 13.1. The highest BCUT2D eigenvalue weighted by molar-refractivity contribution is 5.97. The smallest absolute Gasteiger partial charge is 0.326 e. The van der Waals surface area contributed by atoms with Gasteiger partial charge in [-0.25, -0.2) is 4.79 Å². The number of rotatable bonds is 2. The molecular formula is C13H16N2O3.